The van der Waals surface area contributed by atoms with Gasteiger partial charge in [-0.25, -0.2) is 9.18 Å². The molecule has 0 aromatic heterocycles. The number of halogens is 4. The van der Waals surface area contributed by atoms with E-state index in [1.54, 1.807) is 0 Å². The maximum Gasteiger partial charge on any atom is 0.419 e. The molecule has 5 nitrogen and oxygen atoms in total. The first-order chi connectivity index (χ1) is 7.64. The lowest BCUT2D eigenvalue weighted by Gasteiger charge is -2.15. The minimum Gasteiger partial charge on any atom is -0.478 e. The summed E-state index contributed by atoms with van der Waals surface area (Å²) in [5, 5.41) is 24.9. The zero-order valence-electron chi connectivity index (χ0n) is 7.86. The molecule has 0 aliphatic carbocycles. The van der Waals surface area contributed by atoms with Crippen LogP contribution in [0.4, 0.5) is 23.2 Å². The highest BCUT2D eigenvalue weighted by Gasteiger charge is 2.36. The largest absolute Gasteiger partial charge is 0.478 e. The molecule has 1 aromatic rings. The van der Waals surface area contributed by atoms with E-state index < -0.39 is 40.0 Å². The van der Waals surface area contributed by atoms with Crippen molar-refractivity contribution in [2.24, 2.45) is 0 Å². The van der Waals surface area contributed by atoms with Crippen LogP contribution in [0.25, 0.3) is 0 Å². The number of rotatable bonds is 2. The molecule has 0 bridgehead atoms. The van der Waals surface area contributed by atoms with Gasteiger partial charge >= 0.3 is 12.1 Å². The molecule has 0 atom stereocenters. The lowest BCUT2D eigenvalue weighted by Crippen LogP contribution is -2.18. The van der Waals surface area contributed by atoms with Crippen LogP contribution in [0.15, 0.2) is 12.1 Å². The molecule has 0 saturated heterocycles. The fraction of sp³-hybridized carbons (Fsp3) is 0.125. The molecule has 0 spiro atoms. The molecule has 0 heterocycles. The van der Waals surface area contributed by atoms with E-state index in [0.29, 0.717) is 0 Å². The number of anilines is 1. The Kier molecular flexibility index (Phi) is 3.25. The topological polar surface area (TPSA) is 81.0 Å². The normalized spacial score (nSPS) is 11.4. The summed E-state index contributed by atoms with van der Waals surface area (Å²) in [5.74, 6) is -3.62. The summed E-state index contributed by atoms with van der Waals surface area (Å²) in [6.07, 6.45) is -5.08. The van der Waals surface area contributed by atoms with Gasteiger partial charge in [0, 0.05) is 0 Å². The third-order valence-electron chi connectivity index (χ3n) is 1.84. The van der Waals surface area contributed by atoms with Gasteiger partial charge in [-0.2, -0.15) is 13.2 Å². The molecule has 94 valence electrons. The van der Waals surface area contributed by atoms with Crippen LogP contribution in [0.2, 0.25) is 0 Å². The molecule has 0 unspecified atom stereocenters. The number of benzene rings is 1. The Morgan fingerprint density at radius 2 is 1.76 bits per heavy atom. The summed E-state index contributed by atoms with van der Waals surface area (Å²) in [4.78, 5) is 10.5. The molecule has 9 heteroatoms. The first-order valence-corrected chi connectivity index (χ1v) is 3.96. The quantitative estimate of drug-likeness (QED) is 0.557. The average Bonchev–Trinajstić information content (AvgIpc) is 2.14. The molecule has 17 heavy (non-hydrogen) atoms. The van der Waals surface area contributed by atoms with E-state index in [-0.39, 0.29) is 12.1 Å². The molecule has 3 N–H and O–H groups in total. The van der Waals surface area contributed by atoms with E-state index in [9.17, 15) is 22.4 Å². The van der Waals surface area contributed by atoms with E-state index in [4.69, 9.17) is 15.5 Å². The van der Waals surface area contributed by atoms with Crippen molar-refractivity contribution in [3.63, 3.8) is 0 Å². The number of carboxylic acid groups (broad SMARTS) is 1. The van der Waals surface area contributed by atoms with Crippen LogP contribution < -0.4 is 5.23 Å². The standard InChI is InChI=1S/C8H5F4NO4/c9-5-1-3(7(14)15)6(13(16)17)2-4(5)8(10,11)12/h1-2,16-17H,(H,14,15). The van der Waals surface area contributed by atoms with Gasteiger partial charge in [0.1, 0.15) is 11.5 Å². The predicted octanol–water partition coefficient (Wildman–Crippen LogP) is 2.13. The van der Waals surface area contributed by atoms with Crippen LogP contribution >= 0.6 is 0 Å². The molecule has 0 amide bonds. The minimum atomic E-state index is -5.08. The van der Waals surface area contributed by atoms with Gasteiger partial charge in [0.25, 0.3) is 0 Å². The fourth-order valence-electron chi connectivity index (χ4n) is 1.12. The molecule has 1 rings (SSSR count). The number of carbonyl (C=O) groups is 1. The molecular formula is C8H5F4NO4. The molecule has 0 aliphatic heterocycles. The van der Waals surface area contributed by atoms with Crippen molar-refractivity contribution in [2.75, 3.05) is 5.23 Å². The maximum atomic E-state index is 13.0. The smallest absolute Gasteiger partial charge is 0.419 e. The minimum absolute atomic E-state index is 0.0151. The summed E-state index contributed by atoms with van der Waals surface area (Å²) in [6, 6.07) is 0.0404. The average molecular weight is 255 g/mol. The first-order valence-electron chi connectivity index (χ1n) is 3.96. The van der Waals surface area contributed by atoms with Crippen molar-refractivity contribution in [1.82, 2.24) is 0 Å². The highest BCUT2D eigenvalue weighted by Crippen LogP contribution is 2.35. The highest BCUT2D eigenvalue weighted by atomic mass is 19.4. The molecular weight excluding hydrogens is 250 g/mol. The predicted molar refractivity (Wildman–Crippen MR) is 44.4 cm³/mol. The van der Waals surface area contributed by atoms with Crippen LogP contribution in [0.1, 0.15) is 15.9 Å². The van der Waals surface area contributed by atoms with Crippen LogP contribution in [0, 0.1) is 5.82 Å². The second kappa shape index (κ2) is 4.18. The van der Waals surface area contributed by atoms with Gasteiger partial charge in [0.05, 0.1) is 11.1 Å². The highest BCUT2D eigenvalue weighted by molar-refractivity contribution is 5.94. The number of aromatic carboxylic acids is 1. The summed E-state index contributed by atoms with van der Waals surface area (Å²) >= 11 is 0. The second-order valence-corrected chi connectivity index (χ2v) is 2.94. The Balaban J connectivity index is 3.51. The van der Waals surface area contributed by atoms with Crippen molar-refractivity contribution in [3.8, 4) is 0 Å². The Morgan fingerprint density at radius 3 is 2.12 bits per heavy atom. The number of hydrogen-bond acceptors (Lipinski definition) is 4. The van der Waals surface area contributed by atoms with Crippen molar-refractivity contribution in [2.45, 2.75) is 6.18 Å². The van der Waals surface area contributed by atoms with E-state index in [1.807, 2.05) is 0 Å². The summed E-state index contributed by atoms with van der Waals surface area (Å²) in [5.41, 5.74) is -3.91. The third kappa shape index (κ3) is 2.63. The Morgan fingerprint density at radius 1 is 1.24 bits per heavy atom. The number of nitrogens with zero attached hydrogens (tertiary/aromatic N) is 1. The van der Waals surface area contributed by atoms with E-state index in [1.165, 1.54) is 0 Å². The molecule has 0 aliphatic rings. The summed E-state index contributed by atoms with van der Waals surface area (Å²) in [6.45, 7) is 0. The van der Waals surface area contributed by atoms with Crippen LogP contribution in [0.5, 0.6) is 0 Å². The van der Waals surface area contributed by atoms with E-state index in [0.717, 1.165) is 0 Å². The van der Waals surface area contributed by atoms with Gasteiger partial charge in [0.2, 0.25) is 0 Å². The number of carboxylic acids is 1. The van der Waals surface area contributed by atoms with Gasteiger partial charge in [-0.05, 0) is 12.1 Å². The van der Waals surface area contributed by atoms with Crippen molar-refractivity contribution < 1.29 is 37.9 Å². The number of hydrogen-bond donors (Lipinski definition) is 3. The van der Waals surface area contributed by atoms with Gasteiger partial charge < -0.3 is 5.11 Å². The molecule has 0 radical (unpaired) electrons. The first kappa shape index (κ1) is 13.2. The van der Waals surface area contributed by atoms with Crippen molar-refractivity contribution >= 4 is 11.7 Å². The van der Waals surface area contributed by atoms with E-state index in [2.05, 4.69) is 0 Å². The summed E-state index contributed by atoms with van der Waals surface area (Å²) in [7, 11) is 0. The van der Waals surface area contributed by atoms with Gasteiger partial charge in [-0.15, -0.1) is 5.23 Å². The lowest BCUT2D eigenvalue weighted by atomic mass is 10.1. The lowest BCUT2D eigenvalue weighted by molar-refractivity contribution is -0.140. The fourth-order valence-corrected chi connectivity index (χ4v) is 1.12. The van der Waals surface area contributed by atoms with Crippen LogP contribution in [-0.4, -0.2) is 21.5 Å². The maximum absolute atomic E-state index is 13.0. The van der Waals surface area contributed by atoms with Gasteiger partial charge in [-0.1, -0.05) is 0 Å². The van der Waals surface area contributed by atoms with Crippen LogP contribution in [0.3, 0.4) is 0 Å². The number of alkyl halides is 3. The van der Waals surface area contributed by atoms with Gasteiger partial charge in [-0.3, -0.25) is 10.4 Å². The zero-order valence-corrected chi connectivity index (χ0v) is 7.86. The Hall–Kier alpha value is -1.87. The molecule has 0 fully saturated rings. The Bertz CT molecular complexity index is 458. The second-order valence-electron chi connectivity index (χ2n) is 2.94. The Labute approximate surface area is 91.0 Å². The van der Waals surface area contributed by atoms with Gasteiger partial charge in [0.15, 0.2) is 0 Å². The zero-order chi connectivity index (χ0) is 13.4. The monoisotopic (exact) mass is 255 g/mol. The van der Waals surface area contributed by atoms with Crippen LogP contribution in [-0.2, 0) is 6.18 Å². The van der Waals surface area contributed by atoms with Crippen molar-refractivity contribution in [1.29, 1.82) is 0 Å². The third-order valence-corrected chi connectivity index (χ3v) is 1.84. The molecule has 1 aromatic carbocycles. The van der Waals surface area contributed by atoms with Crippen molar-refractivity contribution in [3.05, 3.63) is 29.1 Å². The van der Waals surface area contributed by atoms with E-state index >= 15 is 0 Å². The SMILES string of the molecule is O=C(O)c1cc(F)c(C(F)(F)F)cc1N(O)O. The summed E-state index contributed by atoms with van der Waals surface area (Å²) < 4.78 is 49.8. The molecule has 0 saturated carbocycles.